The molecule has 0 radical (unpaired) electrons. The van der Waals surface area contributed by atoms with E-state index in [9.17, 15) is 17.2 Å². The van der Waals surface area contributed by atoms with Crippen molar-refractivity contribution < 1.29 is 17.2 Å². The third kappa shape index (κ3) is 2.84. The Morgan fingerprint density at radius 1 is 1.40 bits per heavy atom. The maximum Gasteiger partial charge on any atom is 0.246 e. The lowest BCUT2D eigenvalue weighted by Crippen LogP contribution is -2.49. The van der Waals surface area contributed by atoms with E-state index in [0.717, 1.165) is 12.1 Å². The van der Waals surface area contributed by atoms with Crippen molar-refractivity contribution in [1.82, 2.24) is 4.31 Å². The fourth-order valence-electron chi connectivity index (χ4n) is 2.57. The van der Waals surface area contributed by atoms with Crippen LogP contribution >= 0.6 is 0 Å². The molecule has 0 saturated carbocycles. The van der Waals surface area contributed by atoms with Crippen LogP contribution < -0.4 is 5.73 Å². The van der Waals surface area contributed by atoms with Crippen molar-refractivity contribution in [2.24, 2.45) is 11.7 Å². The molecule has 1 heterocycles. The lowest BCUT2D eigenvalue weighted by atomic mass is 9.94. The zero-order valence-corrected chi connectivity index (χ0v) is 12.0. The molecule has 1 aliphatic heterocycles. The Morgan fingerprint density at radius 3 is 2.70 bits per heavy atom. The monoisotopic (exact) mass is 304 g/mol. The summed E-state index contributed by atoms with van der Waals surface area (Å²) >= 11 is 0. The van der Waals surface area contributed by atoms with E-state index >= 15 is 0 Å². The Labute approximate surface area is 117 Å². The van der Waals surface area contributed by atoms with Crippen LogP contribution in [0.4, 0.5) is 8.78 Å². The van der Waals surface area contributed by atoms with Gasteiger partial charge in [0.1, 0.15) is 16.5 Å². The molecule has 1 fully saturated rings. The van der Waals surface area contributed by atoms with Crippen molar-refractivity contribution in [2.75, 3.05) is 13.1 Å². The predicted octanol–water partition coefficient (Wildman–Crippen LogP) is 1.71. The number of rotatable bonds is 3. The Morgan fingerprint density at radius 2 is 2.10 bits per heavy atom. The second-order valence-electron chi connectivity index (χ2n) is 5.21. The first-order valence-electron chi connectivity index (χ1n) is 6.53. The van der Waals surface area contributed by atoms with Crippen molar-refractivity contribution in [2.45, 2.75) is 30.7 Å². The minimum Gasteiger partial charge on any atom is -0.329 e. The van der Waals surface area contributed by atoms with Gasteiger partial charge >= 0.3 is 0 Å². The smallest absolute Gasteiger partial charge is 0.246 e. The van der Waals surface area contributed by atoms with Gasteiger partial charge in [0.05, 0.1) is 0 Å². The van der Waals surface area contributed by atoms with Crippen LogP contribution in [0.3, 0.4) is 0 Å². The number of halogens is 2. The highest BCUT2D eigenvalue weighted by molar-refractivity contribution is 7.89. The van der Waals surface area contributed by atoms with Crippen LogP contribution in [0.15, 0.2) is 23.1 Å². The molecule has 2 N–H and O–H groups in total. The van der Waals surface area contributed by atoms with E-state index in [-0.39, 0.29) is 12.6 Å². The van der Waals surface area contributed by atoms with Crippen molar-refractivity contribution >= 4 is 10.0 Å². The number of nitrogens with two attached hydrogens (primary N) is 1. The average Bonchev–Trinajstić information content (AvgIpc) is 2.37. The van der Waals surface area contributed by atoms with Gasteiger partial charge in [-0.25, -0.2) is 17.2 Å². The third-order valence-corrected chi connectivity index (χ3v) is 5.66. The minimum absolute atomic E-state index is 0.187. The summed E-state index contributed by atoms with van der Waals surface area (Å²) in [6.45, 7) is 2.53. The maximum absolute atomic E-state index is 13.7. The summed E-state index contributed by atoms with van der Waals surface area (Å²) in [6.07, 6.45) is 1.36. The molecule has 112 valence electrons. The number of benzene rings is 1. The standard InChI is InChI=1S/C13H18F2N2O2S/c1-9-4-5-17(11(6-9)8-16)20(18,19)13-3-2-10(14)7-12(13)15/h2-3,7,9,11H,4-6,8,16H2,1H3. The van der Waals surface area contributed by atoms with E-state index in [1.54, 1.807) is 0 Å². The van der Waals surface area contributed by atoms with E-state index in [1.807, 2.05) is 6.92 Å². The van der Waals surface area contributed by atoms with E-state index in [4.69, 9.17) is 5.73 Å². The van der Waals surface area contributed by atoms with Crippen LogP contribution in [-0.2, 0) is 10.0 Å². The number of hydrogen-bond donors (Lipinski definition) is 1. The average molecular weight is 304 g/mol. The van der Waals surface area contributed by atoms with Crippen LogP contribution in [-0.4, -0.2) is 31.9 Å². The number of piperidine rings is 1. The first kappa shape index (κ1) is 15.3. The molecule has 0 aliphatic carbocycles. The summed E-state index contributed by atoms with van der Waals surface area (Å²) in [7, 11) is -3.98. The van der Waals surface area contributed by atoms with Gasteiger partial charge in [0.2, 0.25) is 10.0 Å². The zero-order valence-electron chi connectivity index (χ0n) is 11.2. The van der Waals surface area contributed by atoms with Gasteiger partial charge in [-0.1, -0.05) is 6.92 Å². The molecule has 0 bridgehead atoms. The van der Waals surface area contributed by atoms with Crippen molar-refractivity contribution in [3.8, 4) is 0 Å². The highest BCUT2D eigenvalue weighted by Gasteiger charge is 2.36. The number of nitrogens with zero attached hydrogens (tertiary/aromatic N) is 1. The summed E-state index contributed by atoms with van der Waals surface area (Å²) < 4.78 is 52.9. The van der Waals surface area contributed by atoms with Gasteiger partial charge in [-0.2, -0.15) is 4.31 Å². The van der Waals surface area contributed by atoms with Gasteiger partial charge < -0.3 is 5.73 Å². The second-order valence-corrected chi connectivity index (χ2v) is 7.07. The van der Waals surface area contributed by atoms with E-state index in [2.05, 4.69) is 0 Å². The highest BCUT2D eigenvalue weighted by Crippen LogP contribution is 2.29. The molecule has 1 aromatic carbocycles. The molecule has 1 saturated heterocycles. The fraction of sp³-hybridized carbons (Fsp3) is 0.538. The molecule has 0 spiro atoms. The largest absolute Gasteiger partial charge is 0.329 e. The molecule has 4 nitrogen and oxygen atoms in total. The Balaban J connectivity index is 2.38. The summed E-state index contributed by atoms with van der Waals surface area (Å²) in [4.78, 5) is -0.494. The van der Waals surface area contributed by atoms with Crippen molar-refractivity contribution in [1.29, 1.82) is 0 Å². The Bertz CT molecular complexity index is 592. The molecule has 0 aromatic heterocycles. The summed E-state index contributed by atoms with van der Waals surface area (Å²) in [6, 6.07) is 2.15. The molecule has 2 atom stereocenters. The lowest BCUT2D eigenvalue weighted by molar-refractivity contribution is 0.210. The quantitative estimate of drug-likeness (QED) is 0.924. The molecule has 2 unspecified atom stereocenters. The summed E-state index contributed by atoms with van der Waals surface area (Å²) in [5.74, 6) is -1.49. The topological polar surface area (TPSA) is 63.4 Å². The Hall–Kier alpha value is -1.05. The molecule has 20 heavy (non-hydrogen) atoms. The molecular formula is C13H18F2N2O2S. The number of sulfonamides is 1. The van der Waals surface area contributed by atoms with E-state index in [0.29, 0.717) is 31.4 Å². The molecule has 0 amide bonds. The summed E-state index contributed by atoms with van der Waals surface area (Å²) in [5.41, 5.74) is 5.63. The van der Waals surface area contributed by atoms with Gasteiger partial charge in [0.15, 0.2) is 0 Å². The van der Waals surface area contributed by atoms with Crippen LogP contribution in [0.5, 0.6) is 0 Å². The highest BCUT2D eigenvalue weighted by atomic mass is 32.2. The molecule has 2 rings (SSSR count). The van der Waals surface area contributed by atoms with Gasteiger partial charge in [-0.3, -0.25) is 0 Å². The normalized spacial score (nSPS) is 24.8. The summed E-state index contributed by atoms with van der Waals surface area (Å²) in [5, 5.41) is 0. The molecule has 1 aliphatic rings. The van der Waals surface area contributed by atoms with Gasteiger partial charge in [-0.05, 0) is 30.9 Å². The van der Waals surface area contributed by atoms with Gasteiger partial charge in [0.25, 0.3) is 0 Å². The second kappa shape index (κ2) is 5.75. The fourth-order valence-corrected chi connectivity index (χ4v) is 4.28. The van der Waals surface area contributed by atoms with E-state index in [1.165, 1.54) is 4.31 Å². The maximum atomic E-state index is 13.7. The Kier molecular flexibility index (Phi) is 4.41. The minimum atomic E-state index is -3.98. The van der Waals surface area contributed by atoms with Crippen molar-refractivity contribution in [3.05, 3.63) is 29.8 Å². The van der Waals surface area contributed by atoms with Gasteiger partial charge in [-0.15, -0.1) is 0 Å². The van der Waals surface area contributed by atoms with Crippen molar-refractivity contribution in [3.63, 3.8) is 0 Å². The van der Waals surface area contributed by atoms with Crippen LogP contribution in [0.2, 0.25) is 0 Å². The SMILES string of the molecule is CC1CCN(S(=O)(=O)c2ccc(F)cc2F)C(CN)C1. The number of hydrogen-bond acceptors (Lipinski definition) is 3. The van der Waals surface area contributed by atoms with E-state index < -0.39 is 26.6 Å². The van der Waals surface area contributed by atoms with Crippen LogP contribution in [0.1, 0.15) is 19.8 Å². The third-order valence-electron chi connectivity index (χ3n) is 3.68. The van der Waals surface area contributed by atoms with Gasteiger partial charge in [0, 0.05) is 25.2 Å². The van der Waals surface area contributed by atoms with Crippen LogP contribution in [0, 0.1) is 17.6 Å². The van der Waals surface area contributed by atoms with Crippen LogP contribution in [0.25, 0.3) is 0 Å². The predicted molar refractivity (Wildman–Crippen MR) is 71.5 cm³/mol. The molecule has 7 heteroatoms. The first-order valence-corrected chi connectivity index (χ1v) is 7.97. The lowest BCUT2D eigenvalue weighted by Gasteiger charge is -2.36. The first-order chi connectivity index (χ1) is 9.36. The molecule has 1 aromatic rings. The molecular weight excluding hydrogens is 286 g/mol. The zero-order chi connectivity index (χ0) is 14.9.